The molecule has 0 saturated carbocycles. The van der Waals surface area contributed by atoms with E-state index in [1.165, 1.54) is 0 Å². The van der Waals surface area contributed by atoms with Gasteiger partial charge in [-0.15, -0.1) is 0 Å². The third-order valence-corrected chi connectivity index (χ3v) is 5.01. The van der Waals surface area contributed by atoms with Gasteiger partial charge in [-0.2, -0.15) is 0 Å². The van der Waals surface area contributed by atoms with E-state index in [1.807, 2.05) is 35.2 Å². The summed E-state index contributed by atoms with van der Waals surface area (Å²) >= 11 is 0. The molecular formula is C20H23N5O. The maximum Gasteiger partial charge on any atom is 0.318 e. The molecule has 0 aliphatic carbocycles. The van der Waals surface area contributed by atoms with Gasteiger partial charge in [0, 0.05) is 32.0 Å². The van der Waals surface area contributed by atoms with Crippen molar-refractivity contribution in [3.63, 3.8) is 0 Å². The molecule has 2 aromatic heterocycles. The largest absolute Gasteiger partial charge is 0.334 e. The van der Waals surface area contributed by atoms with Gasteiger partial charge >= 0.3 is 6.03 Å². The van der Waals surface area contributed by atoms with E-state index in [2.05, 4.69) is 27.9 Å². The zero-order chi connectivity index (χ0) is 17.9. The monoisotopic (exact) mass is 349 g/mol. The highest BCUT2D eigenvalue weighted by atomic mass is 16.2. The lowest BCUT2D eigenvalue weighted by atomic mass is 10.2. The van der Waals surface area contributed by atoms with Crippen LogP contribution in [-0.2, 0) is 13.1 Å². The van der Waals surface area contributed by atoms with E-state index >= 15 is 0 Å². The van der Waals surface area contributed by atoms with Crippen LogP contribution in [-0.4, -0.2) is 32.0 Å². The molecule has 3 aromatic rings. The predicted molar refractivity (Wildman–Crippen MR) is 101 cm³/mol. The minimum atomic E-state index is -0.0287. The zero-order valence-corrected chi connectivity index (χ0v) is 14.9. The Balaban J connectivity index is 1.56. The Bertz CT molecular complexity index is 905. The van der Waals surface area contributed by atoms with E-state index in [9.17, 15) is 4.79 Å². The Morgan fingerprint density at radius 1 is 1.23 bits per heavy atom. The second-order valence-corrected chi connectivity index (χ2v) is 6.57. The van der Waals surface area contributed by atoms with Gasteiger partial charge in [-0.05, 0) is 49.6 Å². The van der Waals surface area contributed by atoms with Gasteiger partial charge in [-0.1, -0.05) is 12.1 Å². The van der Waals surface area contributed by atoms with Gasteiger partial charge < -0.3 is 14.8 Å². The van der Waals surface area contributed by atoms with Crippen molar-refractivity contribution < 1.29 is 4.79 Å². The van der Waals surface area contributed by atoms with Crippen LogP contribution in [0.2, 0.25) is 0 Å². The molecule has 6 nitrogen and oxygen atoms in total. The molecule has 1 atom stereocenters. The number of nitrogens with zero attached hydrogens (tertiary/aromatic N) is 4. The number of imidazole rings is 1. The highest BCUT2D eigenvalue weighted by Crippen LogP contribution is 2.33. The summed E-state index contributed by atoms with van der Waals surface area (Å²) in [6, 6.07) is 12.0. The first-order valence-corrected chi connectivity index (χ1v) is 9.16. The lowest BCUT2D eigenvalue weighted by Crippen LogP contribution is -2.39. The Hall–Kier alpha value is -2.89. The fourth-order valence-electron chi connectivity index (χ4n) is 3.74. The van der Waals surface area contributed by atoms with E-state index < -0.39 is 0 Å². The van der Waals surface area contributed by atoms with Crippen molar-refractivity contribution >= 4 is 17.1 Å². The van der Waals surface area contributed by atoms with Crippen molar-refractivity contribution in [2.24, 2.45) is 0 Å². The number of hydrogen-bond donors (Lipinski definition) is 1. The molecule has 3 heterocycles. The van der Waals surface area contributed by atoms with Crippen LogP contribution < -0.4 is 5.32 Å². The number of carbonyl (C=O) groups is 1. The smallest absolute Gasteiger partial charge is 0.318 e. The minimum absolute atomic E-state index is 0.0276. The molecular weight excluding hydrogens is 326 g/mol. The molecule has 0 unspecified atom stereocenters. The molecule has 1 saturated heterocycles. The van der Waals surface area contributed by atoms with Crippen molar-refractivity contribution in [2.45, 2.75) is 38.9 Å². The number of para-hydroxylation sites is 2. The second kappa shape index (κ2) is 7.15. The third kappa shape index (κ3) is 3.03. The minimum Gasteiger partial charge on any atom is -0.334 e. The molecule has 2 amide bonds. The van der Waals surface area contributed by atoms with E-state index in [-0.39, 0.29) is 12.1 Å². The lowest BCUT2D eigenvalue weighted by molar-refractivity contribution is 0.189. The highest BCUT2D eigenvalue weighted by molar-refractivity contribution is 5.77. The van der Waals surface area contributed by atoms with Crippen molar-refractivity contribution in [2.75, 3.05) is 6.54 Å². The summed E-state index contributed by atoms with van der Waals surface area (Å²) in [7, 11) is 0. The number of amides is 2. The summed E-state index contributed by atoms with van der Waals surface area (Å²) in [6.45, 7) is 4.24. The molecule has 1 N–H and O–H groups in total. The number of benzene rings is 1. The number of nitrogens with one attached hydrogen (secondary N) is 1. The van der Waals surface area contributed by atoms with Crippen LogP contribution in [0.25, 0.3) is 11.0 Å². The van der Waals surface area contributed by atoms with Crippen LogP contribution in [0.4, 0.5) is 4.79 Å². The van der Waals surface area contributed by atoms with Crippen LogP contribution in [0, 0.1) is 0 Å². The molecule has 1 aliphatic rings. The molecule has 0 radical (unpaired) electrons. The Labute approximate surface area is 152 Å². The van der Waals surface area contributed by atoms with Crippen molar-refractivity contribution in [1.29, 1.82) is 0 Å². The van der Waals surface area contributed by atoms with E-state index in [0.717, 1.165) is 48.4 Å². The summed E-state index contributed by atoms with van der Waals surface area (Å²) in [5, 5.41) is 3.03. The first-order valence-electron chi connectivity index (χ1n) is 9.16. The molecule has 1 aromatic carbocycles. The van der Waals surface area contributed by atoms with Crippen LogP contribution in [0.5, 0.6) is 0 Å². The average molecular weight is 349 g/mol. The second-order valence-electron chi connectivity index (χ2n) is 6.57. The van der Waals surface area contributed by atoms with Crippen LogP contribution in [0.15, 0.2) is 48.8 Å². The number of pyridine rings is 1. The SMILES string of the molecule is CCn1c([C@@H]2CCCN2C(=O)NCc2ccncc2)nc2ccccc21. The Morgan fingerprint density at radius 3 is 2.85 bits per heavy atom. The fourth-order valence-corrected chi connectivity index (χ4v) is 3.74. The zero-order valence-electron chi connectivity index (χ0n) is 14.9. The van der Waals surface area contributed by atoms with Crippen LogP contribution in [0.3, 0.4) is 0 Å². The van der Waals surface area contributed by atoms with Crippen molar-refractivity contribution in [3.05, 3.63) is 60.2 Å². The number of hydrogen-bond acceptors (Lipinski definition) is 3. The highest BCUT2D eigenvalue weighted by Gasteiger charge is 2.33. The topological polar surface area (TPSA) is 63.1 Å². The number of fused-ring (bicyclic) bond motifs is 1. The number of carbonyl (C=O) groups excluding carboxylic acids is 1. The number of aryl methyl sites for hydroxylation is 1. The average Bonchev–Trinajstić information content (AvgIpc) is 3.31. The summed E-state index contributed by atoms with van der Waals surface area (Å²) in [6.07, 6.45) is 5.43. The lowest BCUT2D eigenvalue weighted by Gasteiger charge is -2.25. The number of aromatic nitrogens is 3. The fraction of sp³-hybridized carbons (Fsp3) is 0.350. The molecule has 6 heteroatoms. The summed E-state index contributed by atoms with van der Waals surface area (Å²) < 4.78 is 2.23. The standard InChI is InChI=1S/C20H23N5O/c1-2-24-17-7-4-3-6-16(17)23-19(24)18-8-5-13-25(18)20(26)22-14-15-9-11-21-12-10-15/h3-4,6-7,9-12,18H,2,5,8,13-14H2,1H3,(H,22,26)/t18-/m0/s1. The molecule has 4 rings (SSSR count). The number of likely N-dealkylation sites (tertiary alicyclic amines) is 1. The Morgan fingerprint density at radius 2 is 2.04 bits per heavy atom. The first kappa shape index (κ1) is 16.6. The quantitative estimate of drug-likeness (QED) is 0.784. The van der Waals surface area contributed by atoms with Crippen molar-refractivity contribution in [3.8, 4) is 0 Å². The van der Waals surface area contributed by atoms with Gasteiger partial charge in [0.05, 0.1) is 17.1 Å². The van der Waals surface area contributed by atoms with Gasteiger partial charge in [0.15, 0.2) is 0 Å². The predicted octanol–water partition coefficient (Wildman–Crippen LogP) is 3.50. The Kier molecular flexibility index (Phi) is 4.56. The summed E-state index contributed by atoms with van der Waals surface area (Å²) in [5.74, 6) is 0.991. The number of urea groups is 1. The van der Waals surface area contributed by atoms with Crippen LogP contribution >= 0.6 is 0 Å². The molecule has 134 valence electrons. The van der Waals surface area contributed by atoms with E-state index in [4.69, 9.17) is 4.98 Å². The summed E-state index contributed by atoms with van der Waals surface area (Å²) in [4.78, 5) is 23.6. The van der Waals surface area contributed by atoms with E-state index in [0.29, 0.717) is 6.54 Å². The van der Waals surface area contributed by atoms with Gasteiger partial charge in [0.25, 0.3) is 0 Å². The molecule has 1 aliphatic heterocycles. The molecule has 26 heavy (non-hydrogen) atoms. The van der Waals surface area contributed by atoms with Gasteiger partial charge in [-0.25, -0.2) is 9.78 Å². The number of rotatable bonds is 4. The maximum absolute atomic E-state index is 12.8. The van der Waals surface area contributed by atoms with Gasteiger partial charge in [0.2, 0.25) is 0 Å². The normalized spacial score (nSPS) is 17.0. The van der Waals surface area contributed by atoms with Gasteiger partial charge in [-0.3, -0.25) is 4.98 Å². The molecule has 1 fully saturated rings. The molecule has 0 bridgehead atoms. The molecule has 0 spiro atoms. The summed E-state index contributed by atoms with van der Waals surface area (Å²) in [5.41, 5.74) is 3.17. The van der Waals surface area contributed by atoms with Crippen molar-refractivity contribution in [1.82, 2.24) is 24.8 Å². The van der Waals surface area contributed by atoms with Crippen LogP contribution in [0.1, 0.15) is 37.2 Å². The first-order chi connectivity index (χ1) is 12.8. The maximum atomic E-state index is 12.8. The third-order valence-electron chi connectivity index (χ3n) is 5.01. The van der Waals surface area contributed by atoms with Gasteiger partial charge in [0.1, 0.15) is 5.82 Å². The van der Waals surface area contributed by atoms with E-state index in [1.54, 1.807) is 12.4 Å².